The lowest BCUT2D eigenvalue weighted by Crippen LogP contribution is -2.26. The van der Waals surface area contributed by atoms with E-state index in [1.54, 1.807) is 13.8 Å². The molecule has 0 saturated heterocycles. The third-order valence-corrected chi connectivity index (χ3v) is 3.79. The van der Waals surface area contributed by atoms with E-state index in [4.69, 9.17) is 5.11 Å². The molecule has 18 heavy (non-hydrogen) atoms. The smallest absolute Gasteiger partial charge is 0.309 e. The topological polar surface area (TPSA) is 91.7 Å². The van der Waals surface area contributed by atoms with Crippen LogP contribution in [0.4, 0.5) is 0 Å². The largest absolute Gasteiger partial charge is 0.507 e. The van der Waals surface area contributed by atoms with Gasteiger partial charge in [-0.2, -0.15) is 0 Å². The summed E-state index contributed by atoms with van der Waals surface area (Å²) in [5, 5.41) is 18.6. The minimum Gasteiger partial charge on any atom is -0.507 e. The first-order valence-electron chi connectivity index (χ1n) is 5.29. The van der Waals surface area contributed by atoms with Crippen molar-refractivity contribution in [2.45, 2.75) is 25.2 Å². The SMILES string of the molecule is CC(C)(Cc1ccc(S(C)(=O)=O)c(O)c1)C(=O)O. The van der Waals surface area contributed by atoms with Crippen LogP contribution in [0.3, 0.4) is 0 Å². The summed E-state index contributed by atoms with van der Waals surface area (Å²) in [5.41, 5.74) is -0.397. The third kappa shape index (κ3) is 3.22. The lowest BCUT2D eigenvalue weighted by atomic mass is 9.86. The number of hydrogen-bond acceptors (Lipinski definition) is 4. The maximum absolute atomic E-state index is 11.3. The predicted octanol–water partition coefficient (Wildman–Crippen LogP) is 1.45. The van der Waals surface area contributed by atoms with Crippen molar-refractivity contribution in [2.75, 3.05) is 6.26 Å². The Bertz CT molecular complexity index is 572. The van der Waals surface area contributed by atoms with Crippen molar-refractivity contribution in [1.29, 1.82) is 0 Å². The molecular weight excluding hydrogens is 256 g/mol. The zero-order valence-corrected chi connectivity index (χ0v) is 11.3. The van der Waals surface area contributed by atoms with Gasteiger partial charge in [0.05, 0.1) is 5.41 Å². The molecule has 1 rings (SSSR count). The average molecular weight is 272 g/mol. The van der Waals surface area contributed by atoms with Crippen molar-refractivity contribution in [3.8, 4) is 5.75 Å². The van der Waals surface area contributed by atoms with E-state index in [0.29, 0.717) is 5.56 Å². The first-order valence-corrected chi connectivity index (χ1v) is 7.18. The van der Waals surface area contributed by atoms with Gasteiger partial charge in [0.1, 0.15) is 10.6 Å². The summed E-state index contributed by atoms with van der Waals surface area (Å²) >= 11 is 0. The van der Waals surface area contributed by atoms with E-state index in [1.165, 1.54) is 18.2 Å². The molecule has 1 aromatic carbocycles. The fourth-order valence-corrected chi connectivity index (χ4v) is 2.33. The van der Waals surface area contributed by atoms with E-state index in [0.717, 1.165) is 6.26 Å². The van der Waals surface area contributed by atoms with Crippen molar-refractivity contribution in [3.05, 3.63) is 23.8 Å². The van der Waals surface area contributed by atoms with E-state index in [2.05, 4.69) is 0 Å². The van der Waals surface area contributed by atoms with Crippen LogP contribution in [-0.4, -0.2) is 30.9 Å². The van der Waals surface area contributed by atoms with Crippen LogP contribution < -0.4 is 0 Å². The van der Waals surface area contributed by atoms with Crippen molar-refractivity contribution in [3.63, 3.8) is 0 Å². The van der Waals surface area contributed by atoms with E-state index >= 15 is 0 Å². The molecule has 100 valence electrons. The fourth-order valence-electron chi connectivity index (χ4n) is 1.57. The average Bonchev–Trinajstić information content (AvgIpc) is 2.14. The minimum absolute atomic E-state index is 0.153. The molecule has 6 heteroatoms. The van der Waals surface area contributed by atoms with Gasteiger partial charge in [-0.1, -0.05) is 6.07 Å². The molecule has 0 heterocycles. The predicted molar refractivity (Wildman–Crippen MR) is 66.3 cm³/mol. The van der Waals surface area contributed by atoms with Crippen molar-refractivity contribution in [2.24, 2.45) is 5.41 Å². The van der Waals surface area contributed by atoms with Gasteiger partial charge in [0.15, 0.2) is 9.84 Å². The molecule has 0 aliphatic rings. The summed E-state index contributed by atoms with van der Waals surface area (Å²) < 4.78 is 22.6. The molecule has 0 aliphatic heterocycles. The molecule has 0 bridgehead atoms. The van der Waals surface area contributed by atoms with E-state index in [1.807, 2.05) is 0 Å². The second-order valence-corrected chi connectivity index (χ2v) is 6.92. The van der Waals surface area contributed by atoms with Gasteiger partial charge in [-0.05, 0) is 38.0 Å². The number of rotatable bonds is 4. The summed E-state index contributed by atoms with van der Waals surface area (Å²) in [5.74, 6) is -1.30. The highest BCUT2D eigenvalue weighted by molar-refractivity contribution is 7.90. The van der Waals surface area contributed by atoms with Crippen LogP contribution in [0.5, 0.6) is 5.75 Å². The van der Waals surface area contributed by atoms with Gasteiger partial charge in [-0.25, -0.2) is 8.42 Å². The Labute approximate surface area is 106 Å². The Morgan fingerprint density at radius 1 is 1.33 bits per heavy atom. The molecule has 0 aliphatic carbocycles. The Hall–Kier alpha value is -1.56. The molecule has 0 radical (unpaired) electrons. The van der Waals surface area contributed by atoms with Crippen molar-refractivity contribution in [1.82, 2.24) is 0 Å². The highest BCUT2D eigenvalue weighted by Crippen LogP contribution is 2.28. The first-order chi connectivity index (χ1) is 8.04. The van der Waals surface area contributed by atoms with Crippen LogP contribution in [-0.2, 0) is 21.1 Å². The van der Waals surface area contributed by atoms with Crippen LogP contribution >= 0.6 is 0 Å². The number of hydrogen-bond donors (Lipinski definition) is 2. The highest BCUT2D eigenvalue weighted by atomic mass is 32.2. The Morgan fingerprint density at radius 3 is 2.28 bits per heavy atom. The zero-order chi connectivity index (χ0) is 14.1. The summed E-state index contributed by atoms with van der Waals surface area (Å²) in [6, 6.07) is 4.10. The van der Waals surface area contributed by atoms with Gasteiger partial charge < -0.3 is 10.2 Å². The molecule has 0 fully saturated rings. The number of sulfone groups is 1. The second kappa shape index (κ2) is 4.61. The number of carboxylic acids is 1. The molecule has 0 amide bonds. The van der Waals surface area contributed by atoms with Crippen LogP contribution in [0.1, 0.15) is 19.4 Å². The molecular formula is C12H16O5S. The highest BCUT2D eigenvalue weighted by Gasteiger charge is 2.27. The molecule has 0 unspecified atom stereocenters. The number of phenols is 1. The number of carbonyl (C=O) groups is 1. The fraction of sp³-hybridized carbons (Fsp3) is 0.417. The number of aromatic hydroxyl groups is 1. The summed E-state index contributed by atoms with van der Waals surface area (Å²) in [4.78, 5) is 10.8. The summed E-state index contributed by atoms with van der Waals surface area (Å²) in [7, 11) is -3.48. The number of benzene rings is 1. The van der Waals surface area contributed by atoms with E-state index < -0.39 is 21.2 Å². The molecule has 1 aromatic rings. The van der Waals surface area contributed by atoms with Gasteiger partial charge in [0.25, 0.3) is 0 Å². The number of phenolic OH excluding ortho intramolecular Hbond substituents is 1. The van der Waals surface area contributed by atoms with Crippen LogP contribution in [0.15, 0.2) is 23.1 Å². The van der Waals surface area contributed by atoms with Crippen LogP contribution in [0.25, 0.3) is 0 Å². The number of aliphatic carboxylic acids is 1. The van der Waals surface area contributed by atoms with Crippen molar-refractivity contribution >= 4 is 15.8 Å². The quantitative estimate of drug-likeness (QED) is 0.865. The standard InChI is InChI=1S/C12H16O5S/c1-12(2,11(14)15)7-8-4-5-10(9(13)6-8)18(3,16)17/h4-6,13H,7H2,1-3H3,(H,14,15). The molecule has 0 atom stereocenters. The molecule has 0 spiro atoms. The van der Waals surface area contributed by atoms with Crippen LogP contribution in [0.2, 0.25) is 0 Å². The maximum atomic E-state index is 11.3. The normalized spacial score (nSPS) is 12.4. The molecule has 0 saturated carbocycles. The summed E-state index contributed by atoms with van der Waals surface area (Å²) in [6.07, 6.45) is 1.21. The van der Waals surface area contributed by atoms with Gasteiger partial charge in [-0.3, -0.25) is 4.79 Å². The lowest BCUT2D eigenvalue weighted by Gasteiger charge is -2.19. The van der Waals surface area contributed by atoms with Gasteiger partial charge in [0.2, 0.25) is 0 Å². The Kier molecular flexibility index (Phi) is 3.71. The third-order valence-electron chi connectivity index (χ3n) is 2.65. The Morgan fingerprint density at radius 2 is 1.89 bits per heavy atom. The zero-order valence-electron chi connectivity index (χ0n) is 10.5. The Balaban J connectivity index is 3.11. The molecule has 0 aromatic heterocycles. The monoisotopic (exact) mass is 272 g/mol. The minimum atomic E-state index is -3.48. The summed E-state index contributed by atoms with van der Waals surface area (Å²) in [6.45, 7) is 3.13. The lowest BCUT2D eigenvalue weighted by molar-refractivity contribution is -0.146. The maximum Gasteiger partial charge on any atom is 0.309 e. The first kappa shape index (κ1) is 14.5. The van der Waals surface area contributed by atoms with E-state index in [-0.39, 0.29) is 17.1 Å². The molecule has 5 nitrogen and oxygen atoms in total. The van der Waals surface area contributed by atoms with E-state index in [9.17, 15) is 18.3 Å². The van der Waals surface area contributed by atoms with Crippen molar-refractivity contribution < 1.29 is 23.4 Å². The van der Waals surface area contributed by atoms with Crippen LogP contribution in [0, 0.1) is 5.41 Å². The molecule has 2 N–H and O–H groups in total. The number of carboxylic acid groups (broad SMARTS) is 1. The van der Waals surface area contributed by atoms with Gasteiger partial charge in [0, 0.05) is 6.26 Å². The second-order valence-electron chi connectivity index (χ2n) is 4.94. The van der Waals surface area contributed by atoms with Gasteiger partial charge >= 0.3 is 5.97 Å². The van der Waals surface area contributed by atoms with Gasteiger partial charge in [-0.15, -0.1) is 0 Å².